The molecule has 0 aliphatic heterocycles. The van der Waals surface area contributed by atoms with E-state index < -0.39 is 0 Å². The number of ether oxygens (including phenoxy) is 1. The summed E-state index contributed by atoms with van der Waals surface area (Å²) in [5.74, 6) is 0.0858. The monoisotopic (exact) mass is 176 g/mol. The molecule has 0 radical (unpaired) electrons. The number of Topliss-reactive ketones (excluding diaryl/α,β-unsaturated/α-hetero) is 1. The summed E-state index contributed by atoms with van der Waals surface area (Å²) in [7, 11) is 1.46. The van der Waals surface area contributed by atoms with Crippen molar-refractivity contribution in [2.75, 3.05) is 7.11 Å². The number of nitriles is 1. The van der Waals surface area contributed by atoms with Gasteiger partial charge in [0.15, 0.2) is 5.78 Å². The second-order valence-corrected chi connectivity index (χ2v) is 2.31. The van der Waals surface area contributed by atoms with E-state index in [0.29, 0.717) is 5.75 Å². The highest BCUT2D eigenvalue weighted by Crippen LogP contribution is 2.15. The van der Waals surface area contributed by atoms with Crippen LogP contribution in [0.15, 0.2) is 18.3 Å². The third-order valence-corrected chi connectivity index (χ3v) is 1.49. The van der Waals surface area contributed by atoms with Gasteiger partial charge in [0.25, 0.3) is 0 Å². The fourth-order valence-corrected chi connectivity index (χ4v) is 0.920. The first-order chi connectivity index (χ1) is 6.29. The average Bonchev–Trinajstić information content (AvgIpc) is 2.18. The van der Waals surface area contributed by atoms with Crippen LogP contribution in [0.4, 0.5) is 0 Å². The Bertz CT molecular complexity index is 355. The highest BCUT2D eigenvalue weighted by Gasteiger charge is 2.11. The zero-order valence-electron chi connectivity index (χ0n) is 7.15. The molecule has 13 heavy (non-hydrogen) atoms. The van der Waals surface area contributed by atoms with Gasteiger partial charge in [-0.05, 0) is 12.1 Å². The summed E-state index contributed by atoms with van der Waals surface area (Å²) >= 11 is 0. The minimum Gasteiger partial charge on any atom is -0.494 e. The molecular formula is C9H8N2O2. The minimum absolute atomic E-state index is 0.173. The Hall–Kier alpha value is -1.89. The van der Waals surface area contributed by atoms with E-state index in [9.17, 15) is 4.79 Å². The van der Waals surface area contributed by atoms with Crippen molar-refractivity contribution in [3.8, 4) is 11.8 Å². The molecule has 4 nitrogen and oxygen atoms in total. The van der Waals surface area contributed by atoms with Crippen molar-refractivity contribution < 1.29 is 9.53 Å². The molecule has 0 unspecified atom stereocenters. The Kier molecular flexibility index (Phi) is 2.98. The molecule has 0 saturated heterocycles. The molecular weight excluding hydrogens is 168 g/mol. The van der Waals surface area contributed by atoms with E-state index in [0.717, 1.165) is 0 Å². The second kappa shape index (κ2) is 4.21. The molecule has 0 saturated carbocycles. The van der Waals surface area contributed by atoms with Gasteiger partial charge in [-0.1, -0.05) is 0 Å². The second-order valence-electron chi connectivity index (χ2n) is 2.31. The molecule has 0 amide bonds. The molecule has 0 N–H and O–H groups in total. The number of methoxy groups -OCH3 is 1. The lowest BCUT2D eigenvalue weighted by Crippen LogP contribution is -2.03. The van der Waals surface area contributed by atoms with Crippen LogP contribution in [-0.4, -0.2) is 17.9 Å². The Morgan fingerprint density at radius 1 is 1.77 bits per heavy atom. The van der Waals surface area contributed by atoms with Gasteiger partial charge in [0.1, 0.15) is 17.9 Å². The fraction of sp³-hybridized carbons (Fsp3) is 0.222. The highest BCUT2D eigenvalue weighted by molar-refractivity contribution is 5.97. The lowest BCUT2D eigenvalue weighted by molar-refractivity contribution is 0.0990. The van der Waals surface area contributed by atoms with Crippen molar-refractivity contribution in [3.63, 3.8) is 0 Å². The van der Waals surface area contributed by atoms with Crippen LogP contribution >= 0.6 is 0 Å². The zero-order chi connectivity index (χ0) is 9.68. The molecule has 0 atom stereocenters. The Morgan fingerprint density at radius 2 is 2.54 bits per heavy atom. The number of hydrogen-bond acceptors (Lipinski definition) is 4. The topological polar surface area (TPSA) is 63.0 Å². The van der Waals surface area contributed by atoms with E-state index in [1.54, 1.807) is 18.2 Å². The van der Waals surface area contributed by atoms with Crippen LogP contribution < -0.4 is 4.74 Å². The summed E-state index contributed by atoms with van der Waals surface area (Å²) in [5.41, 5.74) is 0.214. The Morgan fingerprint density at radius 3 is 3.15 bits per heavy atom. The van der Waals surface area contributed by atoms with Crippen molar-refractivity contribution in [2.45, 2.75) is 6.42 Å². The van der Waals surface area contributed by atoms with Crippen LogP contribution in [0.5, 0.6) is 5.75 Å². The lowest BCUT2D eigenvalue weighted by Gasteiger charge is -2.02. The van der Waals surface area contributed by atoms with Gasteiger partial charge >= 0.3 is 0 Å². The highest BCUT2D eigenvalue weighted by atomic mass is 16.5. The number of hydrogen-bond donors (Lipinski definition) is 0. The van der Waals surface area contributed by atoms with Crippen molar-refractivity contribution in [3.05, 3.63) is 24.0 Å². The van der Waals surface area contributed by atoms with Gasteiger partial charge in [-0.15, -0.1) is 0 Å². The van der Waals surface area contributed by atoms with E-state index in [1.807, 2.05) is 0 Å². The summed E-state index contributed by atoms with van der Waals surface area (Å²) in [4.78, 5) is 15.1. The maximum atomic E-state index is 11.3. The summed E-state index contributed by atoms with van der Waals surface area (Å²) < 4.78 is 4.92. The number of aromatic nitrogens is 1. The molecule has 1 heterocycles. The molecule has 0 aliphatic carbocycles. The third-order valence-electron chi connectivity index (χ3n) is 1.49. The standard InChI is InChI=1S/C9H8N2O2/c1-13-8-3-2-6-11-9(8)7(12)4-5-10/h2-3,6H,4H2,1H3. The first-order valence-corrected chi connectivity index (χ1v) is 3.68. The smallest absolute Gasteiger partial charge is 0.198 e. The van der Waals surface area contributed by atoms with Crippen LogP contribution in [0.2, 0.25) is 0 Å². The van der Waals surface area contributed by atoms with Crippen molar-refractivity contribution in [1.29, 1.82) is 5.26 Å². The van der Waals surface area contributed by atoms with E-state index in [2.05, 4.69) is 4.98 Å². The SMILES string of the molecule is COc1cccnc1C(=O)CC#N. The first-order valence-electron chi connectivity index (χ1n) is 3.68. The van der Waals surface area contributed by atoms with Gasteiger partial charge in [0.2, 0.25) is 0 Å². The normalized spacial score (nSPS) is 8.92. The van der Waals surface area contributed by atoms with Gasteiger partial charge in [0, 0.05) is 6.20 Å². The minimum atomic E-state index is -0.319. The molecule has 1 aromatic rings. The molecule has 1 rings (SSSR count). The zero-order valence-corrected chi connectivity index (χ0v) is 7.15. The molecule has 0 spiro atoms. The van der Waals surface area contributed by atoms with Gasteiger partial charge in [-0.2, -0.15) is 5.26 Å². The number of carbonyl (C=O) groups is 1. The van der Waals surface area contributed by atoms with Gasteiger partial charge in [-0.25, -0.2) is 4.98 Å². The Labute approximate surface area is 75.8 Å². The number of nitrogens with zero attached hydrogens (tertiary/aromatic N) is 2. The van der Waals surface area contributed by atoms with Crippen LogP contribution in [0.25, 0.3) is 0 Å². The quantitative estimate of drug-likeness (QED) is 0.649. The number of rotatable bonds is 3. The molecule has 1 aromatic heterocycles. The molecule has 4 heteroatoms. The van der Waals surface area contributed by atoms with Crippen molar-refractivity contribution >= 4 is 5.78 Å². The van der Waals surface area contributed by atoms with Crippen LogP contribution in [0.3, 0.4) is 0 Å². The summed E-state index contributed by atoms with van der Waals surface area (Å²) in [6, 6.07) is 5.08. The van der Waals surface area contributed by atoms with Crippen molar-refractivity contribution in [2.24, 2.45) is 0 Å². The summed E-state index contributed by atoms with van der Waals surface area (Å²) in [6.45, 7) is 0. The van der Waals surface area contributed by atoms with E-state index in [1.165, 1.54) is 13.3 Å². The Balaban J connectivity index is 3.00. The third kappa shape index (κ3) is 2.03. The maximum absolute atomic E-state index is 11.3. The maximum Gasteiger partial charge on any atom is 0.198 e. The van der Waals surface area contributed by atoms with Crippen LogP contribution in [-0.2, 0) is 0 Å². The van der Waals surface area contributed by atoms with E-state index >= 15 is 0 Å². The largest absolute Gasteiger partial charge is 0.494 e. The predicted molar refractivity (Wildman–Crippen MR) is 45.3 cm³/mol. The van der Waals surface area contributed by atoms with Gasteiger partial charge in [-0.3, -0.25) is 4.79 Å². The number of ketones is 1. The number of carbonyl (C=O) groups excluding carboxylic acids is 1. The molecule has 66 valence electrons. The average molecular weight is 176 g/mol. The number of pyridine rings is 1. The fourth-order valence-electron chi connectivity index (χ4n) is 0.920. The lowest BCUT2D eigenvalue weighted by atomic mass is 10.2. The van der Waals surface area contributed by atoms with E-state index in [4.69, 9.17) is 10.00 Å². The van der Waals surface area contributed by atoms with Crippen LogP contribution in [0, 0.1) is 11.3 Å². The molecule has 0 aromatic carbocycles. The van der Waals surface area contributed by atoms with Crippen molar-refractivity contribution in [1.82, 2.24) is 4.98 Å². The molecule has 0 fully saturated rings. The first kappa shape index (κ1) is 9.20. The van der Waals surface area contributed by atoms with Gasteiger partial charge < -0.3 is 4.74 Å². The predicted octanol–water partition coefficient (Wildman–Crippen LogP) is 1.19. The van der Waals surface area contributed by atoms with Crippen LogP contribution in [0.1, 0.15) is 16.9 Å². The summed E-state index contributed by atoms with van der Waals surface area (Å²) in [5, 5.41) is 8.32. The molecule has 0 bridgehead atoms. The summed E-state index contributed by atoms with van der Waals surface area (Å²) in [6.07, 6.45) is 1.32. The van der Waals surface area contributed by atoms with E-state index in [-0.39, 0.29) is 17.9 Å². The molecule has 0 aliphatic rings. The van der Waals surface area contributed by atoms with Gasteiger partial charge in [0.05, 0.1) is 13.2 Å².